The van der Waals surface area contributed by atoms with Crippen molar-refractivity contribution in [3.63, 3.8) is 0 Å². The van der Waals surface area contributed by atoms with E-state index in [2.05, 4.69) is 11.6 Å². The zero-order valence-corrected chi connectivity index (χ0v) is 14.5. The summed E-state index contributed by atoms with van der Waals surface area (Å²) in [6.07, 6.45) is 7.89. The Labute approximate surface area is 138 Å². The molecule has 126 valence electrons. The summed E-state index contributed by atoms with van der Waals surface area (Å²) in [6.45, 7) is 3.72. The molecule has 1 amide bonds. The number of hydrogen-bond acceptors (Lipinski definition) is 3. The van der Waals surface area contributed by atoms with E-state index in [0.717, 1.165) is 31.3 Å². The zero-order chi connectivity index (χ0) is 16.9. The minimum absolute atomic E-state index is 0.0390. The van der Waals surface area contributed by atoms with Crippen LogP contribution in [0.4, 0.5) is 5.69 Å². The Morgan fingerprint density at radius 1 is 1.30 bits per heavy atom. The molecule has 5 nitrogen and oxygen atoms in total. The van der Waals surface area contributed by atoms with Gasteiger partial charge < -0.3 is 4.90 Å². The van der Waals surface area contributed by atoms with Gasteiger partial charge in [-0.15, -0.1) is 0 Å². The normalized spacial score (nSPS) is 14.9. The molecule has 1 aliphatic rings. The molecule has 0 spiro atoms. The van der Waals surface area contributed by atoms with Gasteiger partial charge in [-0.1, -0.05) is 19.1 Å². The van der Waals surface area contributed by atoms with Crippen LogP contribution in [0.2, 0.25) is 0 Å². The second-order valence-corrected chi connectivity index (χ2v) is 7.81. The maximum absolute atomic E-state index is 12.3. The average molecular weight is 336 g/mol. The molecule has 1 aromatic carbocycles. The minimum atomic E-state index is -3.27. The van der Waals surface area contributed by atoms with E-state index in [-0.39, 0.29) is 5.91 Å². The quantitative estimate of drug-likeness (QED) is 0.742. The molecule has 0 atom stereocenters. The first kappa shape index (κ1) is 17.5. The number of benzene rings is 1. The average Bonchev–Trinajstić information content (AvgIpc) is 3.28. The molecule has 1 N–H and O–H groups in total. The molecule has 6 heteroatoms. The van der Waals surface area contributed by atoms with Gasteiger partial charge >= 0.3 is 0 Å². The van der Waals surface area contributed by atoms with Crippen LogP contribution in [0.15, 0.2) is 30.3 Å². The molecular formula is C17H24N2O3S. The Balaban J connectivity index is 1.96. The Bertz CT molecular complexity index is 662. The van der Waals surface area contributed by atoms with Gasteiger partial charge in [0.1, 0.15) is 0 Å². The number of carbonyl (C=O) groups excluding carboxylic acids is 1. The highest BCUT2D eigenvalue weighted by atomic mass is 32.2. The molecular weight excluding hydrogens is 312 g/mol. The van der Waals surface area contributed by atoms with Crippen molar-refractivity contribution >= 4 is 27.7 Å². The van der Waals surface area contributed by atoms with Crippen molar-refractivity contribution in [3.05, 3.63) is 35.9 Å². The molecule has 0 aromatic heterocycles. The molecule has 1 aliphatic carbocycles. The summed E-state index contributed by atoms with van der Waals surface area (Å²) < 4.78 is 24.7. The van der Waals surface area contributed by atoms with Gasteiger partial charge in [-0.3, -0.25) is 9.52 Å². The fourth-order valence-corrected chi connectivity index (χ4v) is 2.89. The lowest BCUT2D eigenvalue weighted by atomic mass is 10.2. The van der Waals surface area contributed by atoms with E-state index in [4.69, 9.17) is 0 Å². The molecule has 1 saturated carbocycles. The topological polar surface area (TPSA) is 66.5 Å². The summed E-state index contributed by atoms with van der Waals surface area (Å²) in [6, 6.07) is 6.92. The second kappa shape index (κ2) is 7.64. The molecule has 0 unspecified atom stereocenters. The predicted molar refractivity (Wildman–Crippen MR) is 93.5 cm³/mol. The summed E-state index contributed by atoms with van der Waals surface area (Å²) in [5.41, 5.74) is 1.37. The van der Waals surface area contributed by atoms with E-state index < -0.39 is 10.0 Å². The van der Waals surface area contributed by atoms with Gasteiger partial charge in [0.25, 0.3) is 0 Å². The van der Waals surface area contributed by atoms with Crippen LogP contribution in [0.3, 0.4) is 0 Å². The van der Waals surface area contributed by atoms with Crippen molar-refractivity contribution in [2.45, 2.75) is 26.2 Å². The second-order valence-electron chi connectivity index (χ2n) is 6.06. The number of rotatable bonds is 8. The number of nitrogens with zero attached hydrogens (tertiary/aromatic N) is 1. The van der Waals surface area contributed by atoms with Gasteiger partial charge in [0, 0.05) is 24.9 Å². The van der Waals surface area contributed by atoms with Gasteiger partial charge in [-0.25, -0.2) is 8.42 Å². The summed E-state index contributed by atoms with van der Waals surface area (Å²) >= 11 is 0. The Morgan fingerprint density at radius 3 is 2.48 bits per heavy atom. The molecule has 23 heavy (non-hydrogen) atoms. The van der Waals surface area contributed by atoms with E-state index in [1.807, 2.05) is 4.90 Å². The number of sulfonamides is 1. The highest BCUT2D eigenvalue weighted by molar-refractivity contribution is 7.92. The monoisotopic (exact) mass is 336 g/mol. The lowest BCUT2D eigenvalue weighted by Crippen LogP contribution is -2.32. The van der Waals surface area contributed by atoms with E-state index in [1.165, 1.54) is 12.8 Å². The molecule has 0 bridgehead atoms. The van der Waals surface area contributed by atoms with Crippen molar-refractivity contribution in [3.8, 4) is 0 Å². The van der Waals surface area contributed by atoms with Crippen molar-refractivity contribution in [1.82, 2.24) is 4.90 Å². The maximum atomic E-state index is 12.3. The fourth-order valence-electron chi connectivity index (χ4n) is 2.32. The van der Waals surface area contributed by atoms with E-state index >= 15 is 0 Å². The maximum Gasteiger partial charge on any atom is 0.246 e. The third-order valence-electron chi connectivity index (χ3n) is 3.61. The van der Waals surface area contributed by atoms with Crippen molar-refractivity contribution in [2.24, 2.45) is 5.92 Å². The third kappa shape index (κ3) is 6.44. The van der Waals surface area contributed by atoms with Crippen molar-refractivity contribution in [1.29, 1.82) is 0 Å². The van der Waals surface area contributed by atoms with Crippen LogP contribution in [-0.2, 0) is 14.8 Å². The lowest BCUT2D eigenvalue weighted by molar-refractivity contribution is -0.126. The summed E-state index contributed by atoms with van der Waals surface area (Å²) in [5.74, 6) is 0.720. The Morgan fingerprint density at radius 2 is 1.96 bits per heavy atom. The van der Waals surface area contributed by atoms with Gasteiger partial charge in [0.05, 0.1) is 6.26 Å². The van der Waals surface area contributed by atoms with Crippen LogP contribution < -0.4 is 4.72 Å². The third-order valence-corrected chi connectivity index (χ3v) is 4.22. The molecule has 1 aromatic rings. The number of carbonyl (C=O) groups is 1. The molecule has 2 rings (SSSR count). The smallest absolute Gasteiger partial charge is 0.246 e. The van der Waals surface area contributed by atoms with Gasteiger partial charge in [0.15, 0.2) is 0 Å². The number of hydrogen-bond donors (Lipinski definition) is 1. The van der Waals surface area contributed by atoms with Crippen LogP contribution >= 0.6 is 0 Å². The predicted octanol–water partition coefficient (Wildman–Crippen LogP) is 2.72. The van der Waals surface area contributed by atoms with Crippen LogP contribution in [0, 0.1) is 5.92 Å². The van der Waals surface area contributed by atoms with E-state index in [9.17, 15) is 13.2 Å². The first-order valence-corrected chi connectivity index (χ1v) is 9.81. The van der Waals surface area contributed by atoms with Crippen molar-refractivity contribution in [2.75, 3.05) is 24.1 Å². The van der Waals surface area contributed by atoms with Gasteiger partial charge in [-0.2, -0.15) is 0 Å². The number of anilines is 1. The first-order valence-electron chi connectivity index (χ1n) is 7.92. The lowest BCUT2D eigenvalue weighted by Gasteiger charge is -2.20. The fraction of sp³-hybridized carbons (Fsp3) is 0.471. The number of amides is 1. The first-order chi connectivity index (χ1) is 10.9. The molecule has 0 radical (unpaired) electrons. The summed E-state index contributed by atoms with van der Waals surface area (Å²) in [5, 5.41) is 0. The van der Waals surface area contributed by atoms with Crippen LogP contribution in [0.25, 0.3) is 6.08 Å². The molecule has 0 heterocycles. The molecule has 0 saturated heterocycles. The van der Waals surface area contributed by atoms with Crippen LogP contribution in [0.1, 0.15) is 31.7 Å². The van der Waals surface area contributed by atoms with Gasteiger partial charge in [0.2, 0.25) is 15.9 Å². The summed E-state index contributed by atoms with van der Waals surface area (Å²) in [4.78, 5) is 14.2. The SMILES string of the molecule is CCCN(CC1CC1)C(=O)/C=C/c1ccc(NS(C)(=O)=O)cc1. The highest BCUT2D eigenvalue weighted by Crippen LogP contribution is 2.29. The molecule has 1 fully saturated rings. The largest absolute Gasteiger partial charge is 0.339 e. The molecule has 0 aliphatic heterocycles. The van der Waals surface area contributed by atoms with Crippen LogP contribution in [-0.4, -0.2) is 38.6 Å². The number of nitrogens with one attached hydrogen (secondary N) is 1. The van der Waals surface area contributed by atoms with Crippen molar-refractivity contribution < 1.29 is 13.2 Å². The van der Waals surface area contributed by atoms with E-state index in [1.54, 1.807) is 36.4 Å². The summed E-state index contributed by atoms with van der Waals surface area (Å²) in [7, 11) is -3.27. The van der Waals surface area contributed by atoms with E-state index in [0.29, 0.717) is 11.6 Å². The Kier molecular flexibility index (Phi) is 5.82. The minimum Gasteiger partial charge on any atom is -0.339 e. The highest BCUT2D eigenvalue weighted by Gasteiger charge is 2.25. The Hall–Kier alpha value is -1.82. The zero-order valence-electron chi connectivity index (χ0n) is 13.7. The standard InChI is InChI=1S/C17H24N2O3S/c1-3-12-19(13-15-4-5-15)17(20)11-8-14-6-9-16(10-7-14)18-23(2,21)22/h6-11,15,18H,3-5,12-13H2,1-2H3/b11-8+. The van der Waals surface area contributed by atoms with Gasteiger partial charge in [-0.05, 0) is 49.0 Å². The van der Waals surface area contributed by atoms with Crippen LogP contribution in [0.5, 0.6) is 0 Å².